The van der Waals surface area contributed by atoms with Crippen LogP contribution in [0.25, 0.3) is 0 Å². The van der Waals surface area contributed by atoms with Crippen molar-refractivity contribution in [2.75, 3.05) is 19.6 Å². The zero-order valence-corrected chi connectivity index (χ0v) is 12.7. The predicted molar refractivity (Wildman–Crippen MR) is 81.2 cm³/mol. The molecule has 0 radical (unpaired) electrons. The third-order valence-electron chi connectivity index (χ3n) is 3.34. The second kappa shape index (κ2) is 8.35. The molecular weight excluding hydrogens is 285 g/mol. The number of aryl methyl sites for hydroxylation is 1. The quantitative estimate of drug-likeness (QED) is 0.909. The molecule has 6 heteroatoms. The van der Waals surface area contributed by atoms with E-state index in [1.165, 1.54) is 0 Å². The maximum absolute atomic E-state index is 12.2. The van der Waals surface area contributed by atoms with Crippen molar-refractivity contribution in [3.8, 4) is 0 Å². The van der Waals surface area contributed by atoms with Crippen LogP contribution in [0.3, 0.4) is 0 Å². The first kappa shape index (κ1) is 18.2. The summed E-state index contributed by atoms with van der Waals surface area (Å²) in [4.78, 5) is 18.3. The van der Waals surface area contributed by atoms with Gasteiger partial charge in [0, 0.05) is 18.8 Å². The largest absolute Gasteiger partial charge is 0.337 e. The number of aromatic nitrogens is 1. The summed E-state index contributed by atoms with van der Waals surface area (Å²) in [6.45, 7) is 4.23. The van der Waals surface area contributed by atoms with Gasteiger partial charge in [0.2, 0.25) is 0 Å². The van der Waals surface area contributed by atoms with Crippen molar-refractivity contribution in [2.45, 2.75) is 19.8 Å². The normalized spacial score (nSPS) is 15.4. The number of nitrogens with zero attached hydrogens (tertiary/aromatic N) is 2. The molecule has 1 aromatic heterocycles. The van der Waals surface area contributed by atoms with E-state index in [4.69, 9.17) is 5.73 Å². The van der Waals surface area contributed by atoms with Gasteiger partial charge < -0.3 is 10.6 Å². The minimum absolute atomic E-state index is 0. The second-order valence-corrected chi connectivity index (χ2v) is 4.64. The molecular formula is C13H21Cl2N3O. The summed E-state index contributed by atoms with van der Waals surface area (Å²) in [7, 11) is 0. The number of piperidine rings is 1. The van der Waals surface area contributed by atoms with Gasteiger partial charge in [-0.25, -0.2) is 4.98 Å². The van der Waals surface area contributed by atoms with Gasteiger partial charge in [-0.15, -0.1) is 24.8 Å². The lowest BCUT2D eigenvalue weighted by Crippen LogP contribution is -2.40. The Bertz CT molecular complexity index is 407. The third-order valence-corrected chi connectivity index (χ3v) is 3.34. The summed E-state index contributed by atoms with van der Waals surface area (Å²) in [5.74, 6) is 0.619. The Labute approximate surface area is 126 Å². The van der Waals surface area contributed by atoms with Gasteiger partial charge in [-0.3, -0.25) is 4.79 Å². The Balaban J connectivity index is 0.00000162. The average molecular weight is 306 g/mol. The highest BCUT2D eigenvalue weighted by molar-refractivity contribution is 5.92. The lowest BCUT2D eigenvalue weighted by Gasteiger charge is -2.31. The minimum atomic E-state index is 0. The van der Waals surface area contributed by atoms with Gasteiger partial charge in [0.25, 0.3) is 5.91 Å². The fraction of sp³-hybridized carbons (Fsp3) is 0.538. The molecule has 2 N–H and O–H groups in total. The molecule has 0 spiro atoms. The average Bonchev–Trinajstić information content (AvgIpc) is 2.38. The fourth-order valence-electron chi connectivity index (χ4n) is 2.20. The van der Waals surface area contributed by atoms with Crippen LogP contribution in [0.5, 0.6) is 0 Å². The molecule has 0 aliphatic carbocycles. The van der Waals surface area contributed by atoms with Crippen LogP contribution in [0.15, 0.2) is 18.2 Å². The molecule has 2 heterocycles. The molecule has 0 aromatic carbocycles. The van der Waals surface area contributed by atoms with Gasteiger partial charge in [-0.2, -0.15) is 0 Å². The Morgan fingerprint density at radius 3 is 2.53 bits per heavy atom. The Morgan fingerprint density at radius 2 is 2.00 bits per heavy atom. The Morgan fingerprint density at radius 1 is 1.37 bits per heavy atom. The molecule has 1 aliphatic heterocycles. The van der Waals surface area contributed by atoms with Crippen LogP contribution >= 0.6 is 24.8 Å². The monoisotopic (exact) mass is 305 g/mol. The van der Waals surface area contributed by atoms with Gasteiger partial charge in [0.1, 0.15) is 5.69 Å². The lowest BCUT2D eigenvalue weighted by atomic mass is 9.97. The molecule has 0 bridgehead atoms. The number of rotatable bonds is 2. The van der Waals surface area contributed by atoms with Gasteiger partial charge in [0.15, 0.2) is 0 Å². The number of amides is 1. The van der Waals surface area contributed by atoms with E-state index in [0.717, 1.165) is 38.2 Å². The second-order valence-electron chi connectivity index (χ2n) is 4.64. The van der Waals surface area contributed by atoms with E-state index < -0.39 is 0 Å². The molecule has 1 aromatic rings. The fourth-order valence-corrected chi connectivity index (χ4v) is 2.20. The number of likely N-dealkylation sites (tertiary alicyclic amines) is 1. The van der Waals surface area contributed by atoms with Crippen molar-refractivity contribution in [3.63, 3.8) is 0 Å². The van der Waals surface area contributed by atoms with Gasteiger partial charge in [0.05, 0.1) is 0 Å². The molecule has 108 valence electrons. The number of halogens is 2. The van der Waals surface area contributed by atoms with Crippen molar-refractivity contribution < 1.29 is 4.79 Å². The van der Waals surface area contributed by atoms with Crippen LogP contribution in [0.1, 0.15) is 29.0 Å². The molecule has 2 rings (SSSR count). The molecule has 1 saturated heterocycles. The van der Waals surface area contributed by atoms with E-state index in [-0.39, 0.29) is 30.7 Å². The van der Waals surface area contributed by atoms with E-state index in [1.54, 1.807) is 6.07 Å². The molecule has 0 unspecified atom stereocenters. The zero-order chi connectivity index (χ0) is 12.3. The Hall–Kier alpha value is -0.840. The van der Waals surface area contributed by atoms with E-state index in [2.05, 4.69) is 4.98 Å². The van der Waals surface area contributed by atoms with Crippen LogP contribution in [0, 0.1) is 12.8 Å². The first-order valence-corrected chi connectivity index (χ1v) is 6.13. The molecule has 19 heavy (non-hydrogen) atoms. The van der Waals surface area contributed by atoms with Crippen LogP contribution < -0.4 is 5.73 Å². The molecule has 0 atom stereocenters. The number of carbonyl (C=O) groups excluding carboxylic acids is 1. The van der Waals surface area contributed by atoms with E-state index in [9.17, 15) is 4.79 Å². The highest BCUT2D eigenvalue weighted by Gasteiger charge is 2.23. The summed E-state index contributed by atoms with van der Waals surface area (Å²) in [5, 5.41) is 0. The number of hydrogen-bond acceptors (Lipinski definition) is 3. The first-order valence-electron chi connectivity index (χ1n) is 6.13. The van der Waals surface area contributed by atoms with E-state index >= 15 is 0 Å². The summed E-state index contributed by atoms with van der Waals surface area (Å²) >= 11 is 0. The van der Waals surface area contributed by atoms with Crippen molar-refractivity contribution in [1.29, 1.82) is 0 Å². The smallest absolute Gasteiger partial charge is 0.272 e. The van der Waals surface area contributed by atoms with Crippen LogP contribution in [0.4, 0.5) is 0 Å². The zero-order valence-electron chi connectivity index (χ0n) is 11.0. The lowest BCUT2D eigenvalue weighted by molar-refractivity contribution is 0.0687. The van der Waals surface area contributed by atoms with E-state index in [0.29, 0.717) is 11.6 Å². The number of hydrogen-bond donors (Lipinski definition) is 1. The Kier molecular flexibility index (Phi) is 7.99. The van der Waals surface area contributed by atoms with E-state index in [1.807, 2.05) is 24.0 Å². The summed E-state index contributed by atoms with van der Waals surface area (Å²) in [5.41, 5.74) is 7.07. The topological polar surface area (TPSA) is 59.2 Å². The minimum Gasteiger partial charge on any atom is -0.337 e. The molecule has 1 aliphatic rings. The number of pyridine rings is 1. The van der Waals surface area contributed by atoms with Crippen molar-refractivity contribution >= 4 is 30.7 Å². The highest BCUT2D eigenvalue weighted by Crippen LogP contribution is 2.17. The molecule has 0 saturated carbocycles. The van der Waals surface area contributed by atoms with Crippen LogP contribution in [0.2, 0.25) is 0 Å². The van der Waals surface area contributed by atoms with Crippen molar-refractivity contribution in [2.24, 2.45) is 11.7 Å². The van der Waals surface area contributed by atoms with Gasteiger partial charge in [-0.1, -0.05) is 6.07 Å². The molecule has 1 fully saturated rings. The van der Waals surface area contributed by atoms with Gasteiger partial charge >= 0.3 is 0 Å². The van der Waals surface area contributed by atoms with Crippen LogP contribution in [-0.2, 0) is 0 Å². The standard InChI is InChI=1S/C13H19N3O.2ClH/c1-10-3-2-4-12(15-10)13(17)16-7-5-11(9-14)6-8-16;;/h2-4,11H,5-9,14H2,1H3;2*1H. The van der Waals surface area contributed by atoms with Crippen LogP contribution in [-0.4, -0.2) is 35.4 Å². The van der Waals surface area contributed by atoms with Crippen molar-refractivity contribution in [1.82, 2.24) is 9.88 Å². The summed E-state index contributed by atoms with van der Waals surface area (Å²) in [6.07, 6.45) is 2.02. The maximum atomic E-state index is 12.2. The summed E-state index contributed by atoms with van der Waals surface area (Å²) < 4.78 is 0. The highest BCUT2D eigenvalue weighted by atomic mass is 35.5. The number of carbonyl (C=O) groups is 1. The van der Waals surface area contributed by atoms with Crippen molar-refractivity contribution in [3.05, 3.63) is 29.6 Å². The third kappa shape index (κ3) is 4.64. The first-order chi connectivity index (χ1) is 8.20. The summed E-state index contributed by atoms with van der Waals surface area (Å²) in [6, 6.07) is 5.56. The maximum Gasteiger partial charge on any atom is 0.272 e. The molecule has 1 amide bonds. The SMILES string of the molecule is Cc1cccc(C(=O)N2CCC(CN)CC2)n1.Cl.Cl. The molecule has 4 nitrogen and oxygen atoms in total. The van der Waals surface area contributed by atoms with Gasteiger partial charge in [-0.05, 0) is 44.4 Å². The number of nitrogens with two attached hydrogens (primary N) is 1. The predicted octanol–water partition coefficient (Wildman–Crippen LogP) is 2.04.